The Labute approximate surface area is 178 Å². The second kappa shape index (κ2) is 10.6. The van der Waals surface area contributed by atoms with Crippen molar-refractivity contribution in [2.24, 2.45) is 12.0 Å². The van der Waals surface area contributed by atoms with Gasteiger partial charge in [0.05, 0.1) is 6.10 Å². The Morgan fingerprint density at radius 2 is 1.89 bits per heavy atom. The Morgan fingerprint density at radius 1 is 1.22 bits per heavy atom. The summed E-state index contributed by atoms with van der Waals surface area (Å²) in [5.41, 5.74) is 2.24. The molecule has 27 heavy (non-hydrogen) atoms. The average Bonchev–Trinajstić information content (AvgIpc) is 3.01. The fraction of sp³-hybridized carbons (Fsp3) is 0.526. The lowest BCUT2D eigenvalue weighted by Crippen LogP contribution is -2.39. The number of aromatic nitrogens is 3. The number of aliphatic hydroxyl groups is 1. The second-order valence-corrected chi connectivity index (χ2v) is 7.26. The number of hydrogen-bond donors (Lipinski definition) is 3. The van der Waals surface area contributed by atoms with Gasteiger partial charge in [0.25, 0.3) is 0 Å². The number of aliphatic imine (C=N–C) groups is 1. The second-order valence-electron chi connectivity index (χ2n) is 7.26. The van der Waals surface area contributed by atoms with Gasteiger partial charge in [-0.3, -0.25) is 4.68 Å². The molecule has 7 nitrogen and oxygen atoms in total. The van der Waals surface area contributed by atoms with Gasteiger partial charge in [-0.15, -0.1) is 24.0 Å². The zero-order valence-corrected chi connectivity index (χ0v) is 19.1. The van der Waals surface area contributed by atoms with Crippen molar-refractivity contribution >= 4 is 29.9 Å². The van der Waals surface area contributed by atoms with Crippen molar-refractivity contribution in [3.63, 3.8) is 0 Å². The third-order valence-corrected chi connectivity index (χ3v) is 4.15. The van der Waals surface area contributed by atoms with E-state index in [2.05, 4.69) is 58.6 Å². The summed E-state index contributed by atoms with van der Waals surface area (Å²) >= 11 is 0. The molecular formula is C19H31IN6O. The summed E-state index contributed by atoms with van der Waals surface area (Å²) < 4.78 is 1.69. The molecule has 0 fully saturated rings. The fourth-order valence-corrected chi connectivity index (χ4v) is 2.47. The van der Waals surface area contributed by atoms with Crippen LogP contribution in [0.5, 0.6) is 0 Å². The van der Waals surface area contributed by atoms with Gasteiger partial charge in [0.1, 0.15) is 18.7 Å². The maximum Gasteiger partial charge on any atom is 0.191 e. The summed E-state index contributed by atoms with van der Waals surface area (Å²) in [6, 6.07) is 8.12. The van der Waals surface area contributed by atoms with E-state index in [1.807, 2.05) is 26.1 Å². The van der Waals surface area contributed by atoms with E-state index >= 15 is 0 Å². The number of guanidine groups is 1. The van der Waals surface area contributed by atoms with Gasteiger partial charge in [0, 0.05) is 20.1 Å². The summed E-state index contributed by atoms with van der Waals surface area (Å²) in [7, 11) is 1.84. The van der Waals surface area contributed by atoms with Crippen LogP contribution >= 0.6 is 24.0 Å². The highest BCUT2D eigenvalue weighted by Crippen LogP contribution is 2.23. The van der Waals surface area contributed by atoms with Crippen LogP contribution in [0.1, 0.15) is 50.8 Å². The molecule has 1 unspecified atom stereocenters. The zero-order valence-electron chi connectivity index (χ0n) is 16.7. The van der Waals surface area contributed by atoms with Gasteiger partial charge >= 0.3 is 0 Å². The monoisotopic (exact) mass is 486 g/mol. The molecular weight excluding hydrogens is 455 g/mol. The van der Waals surface area contributed by atoms with Crippen LogP contribution in [0, 0.1) is 0 Å². The largest absolute Gasteiger partial charge is 0.387 e. The predicted octanol–water partition coefficient (Wildman–Crippen LogP) is 2.52. The molecule has 1 aromatic carbocycles. The number of aliphatic hydroxyl groups excluding tert-OH is 1. The van der Waals surface area contributed by atoms with Crippen LogP contribution in [-0.2, 0) is 19.0 Å². The van der Waals surface area contributed by atoms with Crippen molar-refractivity contribution in [1.29, 1.82) is 0 Å². The Kier molecular flexibility index (Phi) is 9.17. The van der Waals surface area contributed by atoms with Gasteiger partial charge in [-0.25, -0.2) is 9.98 Å². The summed E-state index contributed by atoms with van der Waals surface area (Å²) in [4.78, 5) is 8.65. The SMILES string of the molecule is CCNC(=NCc1ncnn1C)NCC(O)c1ccc(C(C)(C)C)cc1.I. The van der Waals surface area contributed by atoms with Crippen molar-refractivity contribution < 1.29 is 5.11 Å². The lowest BCUT2D eigenvalue weighted by molar-refractivity contribution is 0.181. The number of nitrogens with zero attached hydrogens (tertiary/aromatic N) is 4. The number of nitrogens with one attached hydrogen (secondary N) is 2. The molecule has 2 aromatic rings. The van der Waals surface area contributed by atoms with Gasteiger partial charge < -0.3 is 15.7 Å². The molecule has 2 rings (SSSR count). The average molecular weight is 486 g/mol. The Morgan fingerprint density at radius 3 is 2.41 bits per heavy atom. The third-order valence-electron chi connectivity index (χ3n) is 4.15. The van der Waals surface area contributed by atoms with Crippen LogP contribution in [0.15, 0.2) is 35.6 Å². The van der Waals surface area contributed by atoms with Crippen LogP contribution < -0.4 is 10.6 Å². The van der Waals surface area contributed by atoms with Crippen molar-refractivity contribution in [3.8, 4) is 0 Å². The van der Waals surface area contributed by atoms with E-state index < -0.39 is 6.10 Å². The minimum atomic E-state index is -0.609. The first-order chi connectivity index (χ1) is 12.3. The topological polar surface area (TPSA) is 87.4 Å². The molecule has 0 saturated heterocycles. The highest BCUT2D eigenvalue weighted by molar-refractivity contribution is 14.0. The normalized spacial score (nSPS) is 13.0. The van der Waals surface area contributed by atoms with Crippen LogP contribution in [-0.4, -0.2) is 38.9 Å². The first-order valence-electron chi connectivity index (χ1n) is 8.94. The maximum atomic E-state index is 10.5. The van der Waals surface area contributed by atoms with Crippen molar-refractivity contribution in [3.05, 3.63) is 47.5 Å². The highest BCUT2D eigenvalue weighted by atomic mass is 127. The molecule has 0 amide bonds. The quantitative estimate of drug-likeness (QED) is 0.332. The number of benzene rings is 1. The van der Waals surface area contributed by atoms with Gasteiger partial charge in [0.15, 0.2) is 5.96 Å². The lowest BCUT2D eigenvalue weighted by atomic mass is 9.86. The minimum Gasteiger partial charge on any atom is -0.387 e. The molecule has 150 valence electrons. The predicted molar refractivity (Wildman–Crippen MR) is 119 cm³/mol. The summed E-state index contributed by atoms with van der Waals surface area (Å²) in [6.07, 6.45) is 0.902. The first kappa shape index (κ1) is 23.4. The molecule has 0 spiro atoms. The molecule has 0 aliphatic carbocycles. The molecule has 0 aliphatic rings. The number of aryl methyl sites for hydroxylation is 1. The van der Waals surface area contributed by atoms with E-state index in [1.54, 1.807) is 4.68 Å². The molecule has 1 atom stereocenters. The molecule has 0 saturated carbocycles. The standard InChI is InChI=1S/C19H30N6O.HI/c1-6-20-18(22-12-17-23-13-24-25(17)5)21-11-16(26)14-7-9-15(10-8-14)19(2,3)4;/h7-10,13,16,26H,6,11-12H2,1-5H3,(H2,20,21,22);1H. The highest BCUT2D eigenvalue weighted by Gasteiger charge is 2.15. The van der Waals surface area contributed by atoms with Gasteiger partial charge in [-0.05, 0) is 23.5 Å². The smallest absolute Gasteiger partial charge is 0.191 e. The van der Waals surface area contributed by atoms with Gasteiger partial charge in [-0.2, -0.15) is 5.10 Å². The molecule has 0 radical (unpaired) electrons. The van der Waals surface area contributed by atoms with Crippen LogP contribution in [0.3, 0.4) is 0 Å². The van der Waals surface area contributed by atoms with Crippen molar-refractivity contribution in [2.45, 2.75) is 45.8 Å². The molecule has 0 bridgehead atoms. The minimum absolute atomic E-state index is 0. The number of halogens is 1. The maximum absolute atomic E-state index is 10.5. The molecule has 1 aromatic heterocycles. The van der Waals surface area contributed by atoms with Crippen molar-refractivity contribution in [1.82, 2.24) is 25.4 Å². The Balaban J connectivity index is 0.00000364. The van der Waals surface area contributed by atoms with E-state index in [-0.39, 0.29) is 29.4 Å². The summed E-state index contributed by atoms with van der Waals surface area (Å²) in [6.45, 7) is 10.1. The van der Waals surface area contributed by atoms with Gasteiger partial charge in [-0.1, -0.05) is 45.0 Å². The Bertz CT molecular complexity index is 721. The summed E-state index contributed by atoms with van der Waals surface area (Å²) in [5, 5.41) is 20.8. The molecule has 3 N–H and O–H groups in total. The summed E-state index contributed by atoms with van der Waals surface area (Å²) in [5.74, 6) is 1.42. The first-order valence-corrected chi connectivity index (χ1v) is 8.94. The van der Waals surface area contributed by atoms with Crippen LogP contribution in [0.4, 0.5) is 0 Å². The number of rotatable bonds is 6. The van der Waals surface area contributed by atoms with Crippen molar-refractivity contribution in [2.75, 3.05) is 13.1 Å². The Hall–Kier alpha value is -1.68. The molecule has 0 aliphatic heterocycles. The third kappa shape index (κ3) is 7.10. The van der Waals surface area contributed by atoms with E-state index in [4.69, 9.17) is 0 Å². The van der Waals surface area contributed by atoms with E-state index in [0.29, 0.717) is 19.0 Å². The van der Waals surface area contributed by atoms with E-state index in [1.165, 1.54) is 11.9 Å². The van der Waals surface area contributed by atoms with Gasteiger partial charge in [0.2, 0.25) is 0 Å². The number of hydrogen-bond acceptors (Lipinski definition) is 4. The molecule has 1 heterocycles. The van der Waals surface area contributed by atoms with E-state index in [0.717, 1.165) is 17.9 Å². The van der Waals surface area contributed by atoms with Crippen LogP contribution in [0.2, 0.25) is 0 Å². The lowest BCUT2D eigenvalue weighted by Gasteiger charge is -2.20. The molecule has 8 heteroatoms. The van der Waals surface area contributed by atoms with E-state index in [9.17, 15) is 5.11 Å². The zero-order chi connectivity index (χ0) is 19.2. The fourth-order valence-electron chi connectivity index (χ4n) is 2.47. The van der Waals surface area contributed by atoms with Crippen LogP contribution in [0.25, 0.3) is 0 Å².